The van der Waals surface area contributed by atoms with Gasteiger partial charge in [-0.2, -0.15) is 0 Å². The molecule has 1 heterocycles. The average Bonchev–Trinajstić information content (AvgIpc) is 2.89. The third-order valence-electron chi connectivity index (χ3n) is 2.32. The zero-order valence-corrected chi connectivity index (χ0v) is 10.8. The van der Waals surface area contributed by atoms with E-state index in [4.69, 9.17) is 4.74 Å². The molecule has 1 amide bonds. The predicted octanol–water partition coefficient (Wildman–Crippen LogP) is 2.92. The third-order valence-corrected chi connectivity index (χ3v) is 3.36. The van der Waals surface area contributed by atoms with Crippen molar-refractivity contribution in [1.82, 2.24) is 0 Å². The molecule has 1 aromatic carbocycles. The molecule has 1 N–H and O–H groups in total. The molecule has 2 rings (SSSR count). The van der Waals surface area contributed by atoms with E-state index in [-0.39, 0.29) is 15.8 Å². The first-order valence-electron chi connectivity index (χ1n) is 5.30. The van der Waals surface area contributed by atoms with Crippen LogP contribution in [0.3, 0.4) is 0 Å². The summed E-state index contributed by atoms with van der Waals surface area (Å²) in [4.78, 5) is 22.2. The highest BCUT2D eigenvalue weighted by Gasteiger charge is 2.15. The van der Waals surface area contributed by atoms with Crippen molar-refractivity contribution in [3.05, 3.63) is 51.4 Å². The summed E-state index contributed by atoms with van der Waals surface area (Å²) in [6, 6.07) is 9.61. The van der Waals surface area contributed by atoms with Crippen LogP contribution in [0.2, 0.25) is 0 Å². The molecule has 19 heavy (non-hydrogen) atoms. The Morgan fingerprint density at radius 3 is 2.79 bits per heavy atom. The summed E-state index contributed by atoms with van der Waals surface area (Å²) in [5, 5.41) is 13.1. The van der Waals surface area contributed by atoms with E-state index in [1.165, 1.54) is 19.2 Å². The molecule has 0 aliphatic heterocycles. The van der Waals surface area contributed by atoms with Crippen molar-refractivity contribution in [3.63, 3.8) is 0 Å². The Bertz CT molecular complexity index is 624. The Labute approximate surface area is 112 Å². The monoisotopic (exact) mass is 278 g/mol. The second-order valence-corrected chi connectivity index (χ2v) is 4.64. The van der Waals surface area contributed by atoms with Gasteiger partial charge in [-0.25, -0.2) is 0 Å². The number of carbonyl (C=O) groups is 1. The maximum atomic E-state index is 11.9. The first-order valence-corrected chi connectivity index (χ1v) is 6.11. The van der Waals surface area contributed by atoms with Gasteiger partial charge in [-0.15, -0.1) is 0 Å². The van der Waals surface area contributed by atoms with Crippen molar-refractivity contribution >= 4 is 27.9 Å². The number of rotatable bonds is 4. The Morgan fingerprint density at radius 2 is 2.16 bits per heavy atom. The molecule has 7 heteroatoms. The summed E-state index contributed by atoms with van der Waals surface area (Å²) in [5.74, 6) is 0.237. The Morgan fingerprint density at radius 1 is 1.37 bits per heavy atom. The standard InChI is InChI=1S/C12H10N2O4S/c1-18-9-4-2-3-8(7-9)13-12(15)10-5-6-11(19-10)14(16)17/h2-7H,1H3,(H,13,15). The number of hydrogen-bond donors (Lipinski definition) is 1. The Kier molecular flexibility index (Phi) is 3.76. The fraction of sp³-hybridized carbons (Fsp3) is 0.0833. The highest BCUT2D eigenvalue weighted by molar-refractivity contribution is 7.17. The van der Waals surface area contributed by atoms with Crippen LogP contribution < -0.4 is 10.1 Å². The molecule has 0 bridgehead atoms. The van der Waals surface area contributed by atoms with Gasteiger partial charge in [-0.1, -0.05) is 17.4 Å². The van der Waals surface area contributed by atoms with E-state index in [0.29, 0.717) is 11.4 Å². The Hall–Kier alpha value is -2.41. The van der Waals surface area contributed by atoms with E-state index < -0.39 is 4.92 Å². The lowest BCUT2D eigenvalue weighted by Gasteiger charge is -2.05. The molecular weight excluding hydrogens is 268 g/mol. The minimum atomic E-state index is -0.521. The van der Waals surface area contributed by atoms with Gasteiger partial charge in [0.15, 0.2) is 0 Å². The van der Waals surface area contributed by atoms with Gasteiger partial charge in [-0.3, -0.25) is 14.9 Å². The number of nitrogens with zero attached hydrogens (tertiary/aromatic N) is 1. The zero-order valence-electron chi connectivity index (χ0n) is 9.95. The Balaban J connectivity index is 2.13. The van der Waals surface area contributed by atoms with Gasteiger partial charge in [0.25, 0.3) is 5.91 Å². The second-order valence-electron chi connectivity index (χ2n) is 3.58. The smallest absolute Gasteiger partial charge is 0.324 e. The lowest BCUT2D eigenvalue weighted by Crippen LogP contribution is -2.09. The van der Waals surface area contributed by atoms with E-state index >= 15 is 0 Å². The fourth-order valence-corrected chi connectivity index (χ4v) is 2.16. The van der Waals surface area contributed by atoms with E-state index in [9.17, 15) is 14.9 Å². The molecule has 2 aromatic rings. The van der Waals surface area contributed by atoms with Crippen molar-refractivity contribution < 1.29 is 14.5 Å². The molecule has 98 valence electrons. The number of benzene rings is 1. The molecule has 1 aromatic heterocycles. The summed E-state index contributed by atoms with van der Waals surface area (Å²) < 4.78 is 5.04. The van der Waals surface area contributed by atoms with Crippen LogP contribution in [-0.2, 0) is 0 Å². The molecule has 0 saturated heterocycles. The molecule has 0 fully saturated rings. The normalized spacial score (nSPS) is 9.95. The third kappa shape index (κ3) is 3.08. The number of anilines is 1. The minimum absolute atomic E-state index is 0.0595. The number of thiophene rings is 1. The molecule has 0 spiro atoms. The molecule has 6 nitrogen and oxygen atoms in total. The number of nitro groups is 1. The number of amides is 1. The maximum Gasteiger partial charge on any atom is 0.324 e. The summed E-state index contributed by atoms with van der Waals surface area (Å²) in [7, 11) is 1.53. The van der Waals surface area contributed by atoms with Crippen molar-refractivity contribution in [2.75, 3.05) is 12.4 Å². The number of methoxy groups -OCH3 is 1. The average molecular weight is 278 g/mol. The largest absolute Gasteiger partial charge is 0.497 e. The first-order chi connectivity index (χ1) is 9.10. The number of carbonyl (C=O) groups excluding carboxylic acids is 1. The number of hydrogen-bond acceptors (Lipinski definition) is 5. The zero-order chi connectivity index (χ0) is 13.8. The van der Waals surface area contributed by atoms with Gasteiger partial charge < -0.3 is 10.1 Å². The van der Waals surface area contributed by atoms with Gasteiger partial charge in [0.2, 0.25) is 0 Å². The maximum absolute atomic E-state index is 11.9. The summed E-state index contributed by atoms with van der Waals surface area (Å²) in [5.41, 5.74) is 0.570. The van der Waals surface area contributed by atoms with Crippen molar-refractivity contribution in [1.29, 1.82) is 0 Å². The van der Waals surface area contributed by atoms with Gasteiger partial charge in [0.05, 0.1) is 16.9 Å². The summed E-state index contributed by atoms with van der Waals surface area (Å²) in [6.45, 7) is 0. The highest BCUT2D eigenvalue weighted by atomic mass is 32.1. The van der Waals surface area contributed by atoms with Crippen LogP contribution in [-0.4, -0.2) is 17.9 Å². The van der Waals surface area contributed by atoms with Crippen molar-refractivity contribution in [2.45, 2.75) is 0 Å². The van der Waals surface area contributed by atoms with Crippen LogP contribution in [0.1, 0.15) is 9.67 Å². The van der Waals surface area contributed by atoms with Gasteiger partial charge in [-0.05, 0) is 18.2 Å². The van der Waals surface area contributed by atoms with Crippen LogP contribution in [0.5, 0.6) is 5.75 Å². The molecular formula is C12H10N2O4S. The SMILES string of the molecule is COc1cccc(NC(=O)c2ccc([N+](=O)[O-])s2)c1. The fourth-order valence-electron chi connectivity index (χ4n) is 1.44. The van der Waals surface area contributed by atoms with Gasteiger partial charge in [0, 0.05) is 17.8 Å². The molecule has 0 aliphatic rings. The van der Waals surface area contributed by atoms with Crippen molar-refractivity contribution in [2.24, 2.45) is 0 Å². The van der Waals surface area contributed by atoms with Crippen LogP contribution in [0.25, 0.3) is 0 Å². The van der Waals surface area contributed by atoms with Gasteiger partial charge in [0.1, 0.15) is 5.75 Å². The highest BCUT2D eigenvalue weighted by Crippen LogP contribution is 2.25. The quantitative estimate of drug-likeness (QED) is 0.688. The lowest BCUT2D eigenvalue weighted by atomic mass is 10.3. The summed E-state index contributed by atoms with van der Waals surface area (Å²) in [6.07, 6.45) is 0. The topological polar surface area (TPSA) is 81.5 Å². The number of ether oxygens (including phenoxy) is 1. The van der Waals surface area contributed by atoms with Crippen molar-refractivity contribution in [3.8, 4) is 5.75 Å². The number of nitrogens with one attached hydrogen (secondary N) is 1. The van der Waals surface area contributed by atoms with E-state index in [0.717, 1.165) is 11.3 Å². The van der Waals surface area contributed by atoms with E-state index in [1.807, 2.05) is 0 Å². The van der Waals surface area contributed by atoms with E-state index in [1.54, 1.807) is 24.3 Å². The van der Waals surface area contributed by atoms with Crippen LogP contribution >= 0.6 is 11.3 Å². The molecule has 0 atom stereocenters. The van der Waals surface area contributed by atoms with Crippen LogP contribution in [0.4, 0.5) is 10.7 Å². The molecule has 0 saturated carbocycles. The lowest BCUT2D eigenvalue weighted by molar-refractivity contribution is -0.380. The summed E-state index contributed by atoms with van der Waals surface area (Å²) >= 11 is 0.836. The predicted molar refractivity (Wildman–Crippen MR) is 71.9 cm³/mol. The minimum Gasteiger partial charge on any atom is -0.497 e. The second kappa shape index (κ2) is 5.49. The first kappa shape index (κ1) is 13.0. The molecule has 0 unspecified atom stereocenters. The molecule has 0 radical (unpaired) electrons. The molecule has 0 aliphatic carbocycles. The van der Waals surface area contributed by atoms with Crippen LogP contribution in [0, 0.1) is 10.1 Å². The van der Waals surface area contributed by atoms with Crippen LogP contribution in [0.15, 0.2) is 36.4 Å². The van der Waals surface area contributed by atoms with Gasteiger partial charge >= 0.3 is 5.00 Å². The van der Waals surface area contributed by atoms with E-state index in [2.05, 4.69) is 5.32 Å².